The second-order valence-corrected chi connectivity index (χ2v) is 6.56. The molecule has 2 heterocycles. The Balaban J connectivity index is 1.75. The van der Waals surface area contributed by atoms with Gasteiger partial charge in [-0.05, 0) is 31.0 Å². The van der Waals surface area contributed by atoms with E-state index < -0.39 is 11.9 Å². The van der Waals surface area contributed by atoms with E-state index in [1.165, 1.54) is 11.3 Å². The van der Waals surface area contributed by atoms with Crippen LogP contribution in [0, 0.1) is 0 Å². The molecule has 0 aliphatic carbocycles. The highest BCUT2D eigenvalue weighted by Gasteiger charge is 2.24. The Morgan fingerprint density at radius 2 is 2.12 bits per heavy atom. The number of ether oxygens (including phenoxy) is 1. The van der Waals surface area contributed by atoms with Crippen molar-refractivity contribution < 1.29 is 19.1 Å². The van der Waals surface area contributed by atoms with Gasteiger partial charge in [0, 0.05) is 29.6 Å². The lowest BCUT2D eigenvalue weighted by molar-refractivity contribution is -0.152. The fraction of sp³-hybridized carbons (Fsp3) is 0.333. The van der Waals surface area contributed by atoms with Crippen molar-refractivity contribution in [1.29, 1.82) is 0 Å². The van der Waals surface area contributed by atoms with Crippen LogP contribution < -0.4 is 10.2 Å². The monoisotopic (exact) mass is 373 g/mol. The third-order valence-corrected chi connectivity index (χ3v) is 4.82. The number of esters is 1. The van der Waals surface area contributed by atoms with Crippen LogP contribution in [-0.4, -0.2) is 35.9 Å². The fourth-order valence-corrected chi connectivity index (χ4v) is 3.53. The van der Waals surface area contributed by atoms with Crippen molar-refractivity contribution in [2.75, 3.05) is 23.4 Å². The van der Waals surface area contributed by atoms with Crippen LogP contribution >= 0.6 is 11.3 Å². The standard InChI is InChI=1S/C18H19N3O4S/c1-3-15(22)21-8-7-12-9-11(5-6-14(12)21)13-10-26-18(19-13)20-16(23)17(24)25-4-2/h5-6,9-10H,3-4,7-8H2,1-2H3,(H,19,20,23). The number of nitrogens with zero attached hydrogens (tertiary/aromatic N) is 2. The Kier molecular flexibility index (Phi) is 5.32. The first-order chi connectivity index (χ1) is 12.5. The molecular weight excluding hydrogens is 354 g/mol. The summed E-state index contributed by atoms with van der Waals surface area (Å²) in [5, 5.41) is 4.59. The lowest BCUT2D eigenvalue weighted by atomic mass is 10.1. The molecule has 1 aromatic carbocycles. The van der Waals surface area contributed by atoms with Gasteiger partial charge in [0.05, 0.1) is 12.3 Å². The summed E-state index contributed by atoms with van der Waals surface area (Å²) in [5.74, 6) is -1.65. The van der Waals surface area contributed by atoms with Gasteiger partial charge in [-0.15, -0.1) is 11.3 Å². The van der Waals surface area contributed by atoms with Crippen molar-refractivity contribution in [1.82, 2.24) is 4.98 Å². The maximum Gasteiger partial charge on any atom is 0.397 e. The molecule has 0 radical (unpaired) electrons. The Hall–Kier alpha value is -2.74. The fourth-order valence-electron chi connectivity index (χ4n) is 2.82. The van der Waals surface area contributed by atoms with Gasteiger partial charge in [0.15, 0.2) is 5.13 Å². The molecule has 1 N–H and O–H groups in total. The highest BCUT2D eigenvalue weighted by molar-refractivity contribution is 7.14. The molecule has 0 atom stereocenters. The first-order valence-electron chi connectivity index (χ1n) is 8.40. The largest absolute Gasteiger partial charge is 0.459 e. The molecule has 3 rings (SSSR count). The van der Waals surface area contributed by atoms with Gasteiger partial charge in [0.2, 0.25) is 5.91 Å². The molecular formula is C18H19N3O4S. The first-order valence-corrected chi connectivity index (χ1v) is 9.28. The molecule has 2 aromatic rings. The number of hydrogen-bond acceptors (Lipinski definition) is 6. The van der Waals surface area contributed by atoms with E-state index in [2.05, 4.69) is 15.0 Å². The third-order valence-electron chi connectivity index (χ3n) is 4.06. The number of carbonyl (C=O) groups excluding carboxylic acids is 3. The summed E-state index contributed by atoms with van der Waals surface area (Å²) in [6.45, 7) is 4.33. The van der Waals surface area contributed by atoms with Gasteiger partial charge in [-0.2, -0.15) is 0 Å². The number of aromatic nitrogens is 1. The summed E-state index contributed by atoms with van der Waals surface area (Å²) >= 11 is 1.24. The molecule has 1 aliphatic heterocycles. The van der Waals surface area contributed by atoms with E-state index in [1.54, 1.807) is 6.92 Å². The maximum atomic E-state index is 12.0. The molecule has 0 bridgehead atoms. The summed E-state index contributed by atoms with van der Waals surface area (Å²) in [4.78, 5) is 41.2. The van der Waals surface area contributed by atoms with E-state index in [0.29, 0.717) is 23.8 Å². The summed E-state index contributed by atoms with van der Waals surface area (Å²) in [5.41, 5.74) is 3.67. The zero-order valence-electron chi connectivity index (χ0n) is 14.6. The van der Waals surface area contributed by atoms with Crippen LogP contribution in [0.25, 0.3) is 11.3 Å². The van der Waals surface area contributed by atoms with Crippen molar-refractivity contribution in [2.24, 2.45) is 0 Å². The second kappa shape index (κ2) is 7.65. The number of anilines is 2. The lowest BCUT2D eigenvalue weighted by Gasteiger charge is -2.16. The van der Waals surface area contributed by atoms with E-state index in [4.69, 9.17) is 0 Å². The van der Waals surface area contributed by atoms with E-state index in [1.807, 2.05) is 35.4 Å². The van der Waals surface area contributed by atoms with E-state index in [-0.39, 0.29) is 12.5 Å². The molecule has 26 heavy (non-hydrogen) atoms. The van der Waals surface area contributed by atoms with Gasteiger partial charge >= 0.3 is 11.9 Å². The maximum absolute atomic E-state index is 12.0. The second-order valence-electron chi connectivity index (χ2n) is 5.70. The van der Waals surface area contributed by atoms with Gasteiger partial charge in [-0.25, -0.2) is 9.78 Å². The molecule has 2 amide bonds. The molecule has 0 fully saturated rings. The van der Waals surface area contributed by atoms with Gasteiger partial charge in [0.25, 0.3) is 0 Å². The van der Waals surface area contributed by atoms with E-state index in [0.717, 1.165) is 23.2 Å². The Morgan fingerprint density at radius 3 is 2.85 bits per heavy atom. The molecule has 7 nitrogen and oxygen atoms in total. The summed E-state index contributed by atoms with van der Waals surface area (Å²) < 4.78 is 4.65. The van der Waals surface area contributed by atoms with Crippen LogP contribution in [0.2, 0.25) is 0 Å². The molecule has 0 spiro atoms. The Labute approximate surface area is 155 Å². The minimum Gasteiger partial charge on any atom is -0.459 e. The topological polar surface area (TPSA) is 88.6 Å². The zero-order valence-corrected chi connectivity index (χ0v) is 15.4. The molecule has 0 unspecified atom stereocenters. The predicted molar refractivity (Wildman–Crippen MR) is 99.2 cm³/mol. The third kappa shape index (κ3) is 3.60. The van der Waals surface area contributed by atoms with Crippen LogP contribution in [0.15, 0.2) is 23.6 Å². The zero-order chi connectivity index (χ0) is 18.7. The van der Waals surface area contributed by atoms with Gasteiger partial charge in [-0.1, -0.05) is 13.0 Å². The highest BCUT2D eigenvalue weighted by Crippen LogP contribution is 2.33. The van der Waals surface area contributed by atoms with Crippen LogP contribution in [0.3, 0.4) is 0 Å². The quantitative estimate of drug-likeness (QED) is 0.657. The van der Waals surface area contributed by atoms with Crippen molar-refractivity contribution in [3.63, 3.8) is 0 Å². The van der Waals surface area contributed by atoms with E-state index in [9.17, 15) is 14.4 Å². The molecule has 1 aromatic heterocycles. The minimum atomic E-state index is -0.928. The highest BCUT2D eigenvalue weighted by atomic mass is 32.1. The van der Waals surface area contributed by atoms with Crippen molar-refractivity contribution >= 4 is 39.9 Å². The average molecular weight is 373 g/mol. The van der Waals surface area contributed by atoms with Crippen LogP contribution in [-0.2, 0) is 25.5 Å². The van der Waals surface area contributed by atoms with Gasteiger partial charge in [-0.3, -0.25) is 14.9 Å². The number of benzene rings is 1. The predicted octanol–water partition coefficient (Wildman–Crippen LogP) is 2.61. The Bertz CT molecular complexity index is 862. The summed E-state index contributed by atoms with van der Waals surface area (Å²) in [6, 6.07) is 5.86. The van der Waals surface area contributed by atoms with Crippen LogP contribution in [0.5, 0.6) is 0 Å². The number of hydrogen-bond donors (Lipinski definition) is 1. The molecule has 0 saturated carbocycles. The van der Waals surface area contributed by atoms with Crippen LogP contribution in [0.4, 0.5) is 10.8 Å². The number of fused-ring (bicyclic) bond motifs is 1. The van der Waals surface area contributed by atoms with E-state index >= 15 is 0 Å². The average Bonchev–Trinajstić information content (AvgIpc) is 3.27. The van der Waals surface area contributed by atoms with Crippen molar-refractivity contribution in [3.05, 3.63) is 29.1 Å². The Morgan fingerprint density at radius 1 is 1.31 bits per heavy atom. The number of rotatable bonds is 4. The molecule has 136 valence electrons. The minimum absolute atomic E-state index is 0.120. The van der Waals surface area contributed by atoms with Crippen molar-refractivity contribution in [3.8, 4) is 11.3 Å². The number of carbonyl (C=O) groups is 3. The number of nitrogens with one attached hydrogen (secondary N) is 1. The first kappa shape index (κ1) is 18.1. The lowest BCUT2D eigenvalue weighted by Crippen LogP contribution is -2.27. The number of thiazole rings is 1. The van der Waals surface area contributed by atoms with Gasteiger partial charge < -0.3 is 9.64 Å². The summed E-state index contributed by atoms with van der Waals surface area (Å²) in [6.07, 6.45) is 1.29. The molecule has 1 aliphatic rings. The molecule has 0 saturated heterocycles. The number of amides is 2. The smallest absolute Gasteiger partial charge is 0.397 e. The molecule has 8 heteroatoms. The SMILES string of the molecule is CCOC(=O)C(=O)Nc1nc(-c2ccc3c(c2)CCN3C(=O)CC)cs1. The van der Waals surface area contributed by atoms with Crippen molar-refractivity contribution in [2.45, 2.75) is 26.7 Å². The normalized spacial score (nSPS) is 12.6. The van der Waals surface area contributed by atoms with Gasteiger partial charge in [0.1, 0.15) is 0 Å². The summed E-state index contributed by atoms with van der Waals surface area (Å²) in [7, 11) is 0. The van der Waals surface area contributed by atoms with Crippen LogP contribution in [0.1, 0.15) is 25.8 Å².